The van der Waals surface area contributed by atoms with E-state index >= 15 is 0 Å². The van der Waals surface area contributed by atoms with Gasteiger partial charge in [-0.15, -0.1) is 0 Å². The highest BCUT2D eigenvalue weighted by molar-refractivity contribution is 5.72. The van der Waals surface area contributed by atoms with E-state index in [1.165, 1.54) is 11.0 Å². The Morgan fingerprint density at radius 2 is 2.09 bits per heavy atom. The Hall–Kier alpha value is -2.34. The fraction of sp³-hybridized carbons (Fsp3) is 0.375. The third kappa shape index (κ3) is 4.89. The van der Waals surface area contributed by atoms with Crippen molar-refractivity contribution in [2.75, 3.05) is 20.7 Å². The number of carbonyl (C=O) groups excluding carboxylic acids is 2. The smallest absolute Gasteiger partial charge is 0.414 e. The number of carbonyl (C=O) groups is 2. The second kappa shape index (κ2) is 8.19. The first-order chi connectivity index (χ1) is 10.4. The third-order valence-corrected chi connectivity index (χ3v) is 2.87. The van der Waals surface area contributed by atoms with Crippen LogP contribution in [0.2, 0.25) is 0 Å². The SMILES string of the molecule is C=Cc1cc(OC(=O)N(C)C)ccc1C(O)CC(=O)OCC. The van der Waals surface area contributed by atoms with Gasteiger partial charge in [0.2, 0.25) is 0 Å². The van der Waals surface area contributed by atoms with Crippen molar-refractivity contribution in [2.24, 2.45) is 0 Å². The molecular weight excluding hydrogens is 286 g/mol. The van der Waals surface area contributed by atoms with Crippen LogP contribution in [0.15, 0.2) is 24.8 Å². The zero-order valence-electron chi connectivity index (χ0n) is 13.0. The molecule has 0 spiro atoms. The van der Waals surface area contributed by atoms with Gasteiger partial charge in [0.25, 0.3) is 0 Å². The van der Waals surface area contributed by atoms with Crippen molar-refractivity contribution in [3.63, 3.8) is 0 Å². The zero-order chi connectivity index (χ0) is 16.7. The summed E-state index contributed by atoms with van der Waals surface area (Å²) >= 11 is 0. The van der Waals surface area contributed by atoms with Gasteiger partial charge in [0.1, 0.15) is 5.75 Å². The molecule has 1 rings (SSSR count). The maximum Gasteiger partial charge on any atom is 0.414 e. The van der Waals surface area contributed by atoms with E-state index < -0.39 is 18.2 Å². The van der Waals surface area contributed by atoms with Crippen LogP contribution in [0.1, 0.15) is 30.6 Å². The van der Waals surface area contributed by atoms with E-state index in [1.54, 1.807) is 39.2 Å². The van der Waals surface area contributed by atoms with E-state index in [1.807, 2.05) is 0 Å². The Morgan fingerprint density at radius 1 is 1.41 bits per heavy atom. The van der Waals surface area contributed by atoms with Gasteiger partial charge in [-0.3, -0.25) is 4.79 Å². The largest absolute Gasteiger partial charge is 0.466 e. The second-order valence-electron chi connectivity index (χ2n) is 4.78. The summed E-state index contributed by atoms with van der Waals surface area (Å²) in [6.07, 6.45) is -0.136. The molecule has 1 amide bonds. The summed E-state index contributed by atoms with van der Waals surface area (Å²) in [6, 6.07) is 4.73. The molecule has 0 aliphatic rings. The molecule has 120 valence electrons. The standard InChI is InChI=1S/C16H21NO5/c1-5-11-9-12(22-16(20)17(3)4)7-8-13(11)14(18)10-15(19)21-6-2/h5,7-9,14,18H,1,6,10H2,2-4H3. The lowest BCUT2D eigenvalue weighted by Gasteiger charge is -2.15. The number of benzene rings is 1. The van der Waals surface area contributed by atoms with Gasteiger partial charge >= 0.3 is 12.1 Å². The Bertz CT molecular complexity index is 553. The average molecular weight is 307 g/mol. The average Bonchev–Trinajstić information content (AvgIpc) is 2.46. The molecule has 1 unspecified atom stereocenters. The molecule has 0 bridgehead atoms. The van der Waals surface area contributed by atoms with Gasteiger partial charge in [-0.25, -0.2) is 4.79 Å². The molecule has 0 aromatic heterocycles. The van der Waals surface area contributed by atoms with Crippen molar-refractivity contribution >= 4 is 18.1 Å². The number of aliphatic hydroxyl groups excluding tert-OH is 1. The van der Waals surface area contributed by atoms with Crippen molar-refractivity contribution in [1.29, 1.82) is 0 Å². The third-order valence-electron chi connectivity index (χ3n) is 2.87. The summed E-state index contributed by atoms with van der Waals surface area (Å²) in [7, 11) is 3.16. The summed E-state index contributed by atoms with van der Waals surface area (Å²) in [6.45, 7) is 5.63. The van der Waals surface area contributed by atoms with E-state index in [2.05, 4.69) is 6.58 Å². The van der Waals surface area contributed by atoms with E-state index in [9.17, 15) is 14.7 Å². The lowest BCUT2D eigenvalue weighted by Crippen LogP contribution is -2.25. The molecule has 1 N–H and O–H groups in total. The number of hydrogen-bond donors (Lipinski definition) is 1. The summed E-state index contributed by atoms with van der Waals surface area (Å²) in [5, 5.41) is 10.1. The fourth-order valence-corrected chi connectivity index (χ4v) is 1.78. The molecule has 0 radical (unpaired) electrons. The Balaban J connectivity index is 2.91. The van der Waals surface area contributed by atoms with E-state index in [-0.39, 0.29) is 13.0 Å². The number of hydrogen-bond acceptors (Lipinski definition) is 5. The lowest BCUT2D eigenvalue weighted by atomic mass is 10.00. The number of ether oxygens (including phenoxy) is 2. The van der Waals surface area contributed by atoms with Crippen LogP contribution in [-0.2, 0) is 9.53 Å². The first kappa shape index (κ1) is 17.7. The molecule has 6 heteroatoms. The maximum absolute atomic E-state index is 11.5. The minimum atomic E-state index is -1.01. The predicted octanol–water partition coefficient (Wildman–Crippen LogP) is 2.38. The Kier molecular flexibility index (Phi) is 6.59. The molecular formula is C16H21NO5. The molecule has 1 aromatic carbocycles. The molecule has 0 heterocycles. The van der Waals surface area contributed by atoms with Gasteiger partial charge in [0, 0.05) is 14.1 Å². The molecule has 6 nitrogen and oxygen atoms in total. The summed E-state index contributed by atoms with van der Waals surface area (Å²) < 4.78 is 9.95. The second-order valence-corrected chi connectivity index (χ2v) is 4.78. The number of nitrogens with zero attached hydrogens (tertiary/aromatic N) is 1. The van der Waals surface area contributed by atoms with Crippen LogP contribution >= 0.6 is 0 Å². The first-order valence-electron chi connectivity index (χ1n) is 6.88. The number of rotatable bonds is 6. The van der Waals surface area contributed by atoms with Crippen LogP contribution in [0.25, 0.3) is 6.08 Å². The lowest BCUT2D eigenvalue weighted by molar-refractivity contribution is -0.145. The molecule has 1 atom stereocenters. The normalized spacial score (nSPS) is 11.5. The highest BCUT2D eigenvalue weighted by Crippen LogP contribution is 2.26. The van der Waals surface area contributed by atoms with Crippen LogP contribution in [-0.4, -0.2) is 42.8 Å². The summed E-state index contributed by atoms with van der Waals surface area (Å²) in [4.78, 5) is 24.2. The van der Waals surface area contributed by atoms with Crippen molar-refractivity contribution < 1.29 is 24.2 Å². The van der Waals surface area contributed by atoms with Gasteiger partial charge in [0.05, 0.1) is 19.1 Å². The summed E-state index contributed by atoms with van der Waals surface area (Å²) in [5.74, 6) is -0.145. The quantitative estimate of drug-likeness (QED) is 0.817. The van der Waals surface area contributed by atoms with Crippen LogP contribution < -0.4 is 4.74 Å². The number of aliphatic hydroxyl groups is 1. The van der Waals surface area contributed by atoms with Gasteiger partial charge in [-0.05, 0) is 30.2 Å². The summed E-state index contributed by atoms with van der Waals surface area (Å²) in [5.41, 5.74) is 1.11. The van der Waals surface area contributed by atoms with E-state index in [4.69, 9.17) is 9.47 Å². The molecule has 0 aliphatic heterocycles. The van der Waals surface area contributed by atoms with Gasteiger partial charge in [-0.2, -0.15) is 0 Å². The van der Waals surface area contributed by atoms with Crippen LogP contribution in [0, 0.1) is 0 Å². The molecule has 0 saturated heterocycles. The van der Waals surface area contributed by atoms with Gasteiger partial charge < -0.3 is 19.5 Å². The minimum absolute atomic E-state index is 0.147. The van der Waals surface area contributed by atoms with Crippen LogP contribution in [0.3, 0.4) is 0 Å². The number of amides is 1. The van der Waals surface area contributed by atoms with Crippen molar-refractivity contribution in [3.05, 3.63) is 35.9 Å². The molecule has 0 saturated carbocycles. The molecule has 22 heavy (non-hydrogen) atoms. The monoisotopic (exact) mass is 307 g/mol. The van der Waals surface area contributed by atoms with Crippen molar-refractivity contribution in [2.45, 2.75) is 19.4 Å². The Morgan fingerprint density at radius 3 is 2.64 bits per heavy atom. The Labute approximate surface area is 129 Å². The highest BCUT2D eigenvalue weighted by atomic mass is 16.6. The minimum Gasteiger partial charge on any atom is -0.466 e. The predicted molar refractivity (Wildman–Crippen MR) is 82.5 cm³/mol. The highest BCUT2D eigenvalue weighted by Gasteiger charge is 2.17. The fourth-order valence-electron chi connectivity index (χ4n) is 1.78. The molecule has 1 aromatic rings. The zero-order valence-corrected chi connectivity index (χ0v) is 13.0. The first-order valence-corrected chi connectivity index (χ1v) is 6.88. The van der Waals surface area contributed by atoms with Gasteiger partial charge in [-0.1, -0.05) is 18.7 Å². The van der Waals surface area contributed by atoms with Crippen molar-refractivity contribution in [3.8, 4) is 5.75 Å². The van der Waals surface area contributed by atoms with Crippen LogP contribution in [0.4, 0.5) is 4.79 Å². The van der Waals surface area contributed by atoms with Gasteiger partial charge in [0.15, 0.2) is 0 Å². The molecule has 0 aliphatic carbocycles. The van der Waals surface area contributed by atoms with E-state index in [0.717, 1.165) is 0 Å². The van der Waals surface area contributed by atoms with Crippen LogP contribution in [0.5, 0.6) is 5.75 Å². The van der Waals surface area contributed by atoms with Crippen molar-refractivity contribution in [1.82, 2.24) is 4.90 Å². The number of esters is 1. The molecule has 0 fully saturated rings. The topological polar surface area (TPSA) is 76.1 Å². The van der Waals surface area contributed by atoms with E-state index in [0.29, 0.717) is 16.9 Å². The maximum atomic E-state index is 11.5.